The predicted octanol–water partition coefficient (Wildman–Crippen LogP) is 1.96. The van der Waals surface area contributed by atoms with Crippen molar-refractivity contribution in [1.29, 1.82) is 0 Å². The molecule has 0 aromatic heterocycles. The van der Waals surface area contributed by atoms with Crippen molar-refractivity contribution in [2.75, 3.05) is 32.7 Å². The number of aliphatic hydroxyl groups is 1. The van der Waals surface area contributed by atoms with E-state index in [0.717, 1.165) is 49.1 Å². The number of hydrogen-bond acceptors (Lipinski definition) is 2. The Hall–Kier alpha value is -2.32. The van der Waals surface area contributed by atoms with Crippen LogP contribution in [0.1, 0.15) is 70.4 Å². The zero-order valence-electron chi connectivity index (χ0n) is 24.6. The Labute approximate surface area is 254 Å². The van der Waals surface area contributed by atoms with E-state index >= 15 is 0 Å². The number of nitrogens with two attached hydrogens (primary N) is 3. The summed E-state index contributed by atoms with van der Waals surface area (Å²) < 4.78 is 1.11. The Morgan fingerprint density at radius 2 is 1.40 bits per heavy atom. The molecule has 1 fully saturated rings. The Morgan fingerprint density at radius 3 is 1.90 bits per heavy atom. The summed E-state index contributed by atoms with van der Waals surface area (Å²) in [6.45, 7) is 12.0. The van der Waals surface area contributed by atoms with Gasteiger partial charge in [-0.3, -0.25) is 4.99 Å². The first-order valence-electron chi connectivity index (χ1n) is 14.3. The molecule has 1 aliphatic carbocycles. The lowest BCUT2D eigenvalue weighted by Gasteiger charge is -2.43. The van der Waals surface area contributed by atoms with Crippen LogP contribution in [0.4, 0.5) is 0 Å². The van der Waals surface area contributed by atoms with E-state index in [1.54, 1.807) is 0 Å². The highest BCUT2D eigenvalue weighted by atomic mass is 35.5. The lowest BCUT2D eigenvalue weighted by molar-refractivity contribution is -0.924. The van der Waals surface area contributed by atoms with Crippen molar-refractivity contribution in [3.63, 3.8) is 0 Å². The molecule has 2 aromatic carbocycles. The molecule has 1 unspecified atom stereocenters. The number of rotatable bonds is 11. The summed E-state index contributed by atoms with van der Waals surface area (Å²) in [5, 5.41) is 11.7. The summed E-state index contributed by atoms with van der Waals surface area (Å²) in [5.74, 6) is 0.466. The Morgan fingerprint density at radius 1 is 0.875 bits per heavy atom. The van der Waals surface area contributed by atoms with Crippen molar-refractivity contribution in [3.8, 4) is 0 Å². The molecule has 7 nitrogen and oxygen atoms in total. The molecular weight excluding hydrogens is 543 g/mol. The number of hydrogen-bond donors (Lipinski definition) is 4. The number of guanidine groups is 2. The summed E-state index contributed by atoms with van der Waals surface area (Å²) >= 11 is 0. The Balaban J connectivity index is 0.000000785. The van der Waals surface area contributed by atoms with Crippen molar-refractivity contribution in [2.45, 2.75) is 71.3 Å². The molecule has 0 bridgehead atoms. The van der Waals surface area contributed by atoms with E-state index in [1.807, 2.05) is 30.3 Å². The minimum absolute atomic E-state index is 0. The van der Waals surface area contributed by atoms with Gasteiger partial charge in [-0.25, -0.2) is 0 Å². The third kappa shape index (κ3) is 12.0. The van der Waals surface area contributed by atoms with Crippen molar-refractivity contribution in [1.82, 2.24) is 0 Å². The van der Waals surface area contributed by atoms with Crippen LogP contribution in [-0.2, 0) is 12.0 Å². The van der Waals surface area contributed by atoms with Gasteiger partial charge in [0.1, 0.15) is 0 Å². The molecule has 1 saturated carbocycles. The molecule has 9 heteroatoms. The van der Waals surface area contributed by atoms with Gasteiger partial charge in [0.15, 0.2) is 5.96 Å². The average molecular weight is 596 g/mol. The van der Waals surface area contributed by atoms with E-state index in [2.05, 4.69) is 61.1 Å². The Bertz CT molecular complexity index is 968. The molecule has 3 rings (SSSR count). The second kappa shape index (κ2) is 19.7. The molecule has 0 saturated heterocycles. The van der Waals surface area contributed by atoms with Crippen LogP contribution >= 0.6 is 12.4 Å². The molecule has 0 aliphatic heterocycles. The zero-order chi connectivity index (χ0) is 27.9. The van der Waals surface area contributed by atoms with Crippen LogP contribution in [0.5, 0.6) is 0 Å². The maximum atomic E-state index is 11.7. The van der Waals surface area contributed by atoms with Crippen LogP contribution in [0.25, 0.3) is 0 Å². The van der Waals surface area contributed by atoms with Gasteiger partial charge in [0.05, 0.1) is 31.8 Å². The second-order valence-corrected chi connectivity index (χ2v) is 10.4. The lowest BCUT2D eigenvalue weighted by Crippen LogP contribution is -3.00. The molecule has 1 atom stereocenters. The van der Waals surface area contributed by atoms with Gasteiger partial charge >= 0.3 is 0 Å². The summed E-state index contributed by atoms with van der Waals surface area (Å²) in [6, 6.07) is 20.5. The fourth-order valence-electron chi connectivity index (χ4n) is 5.56. The lowest BCUT2D eigenvalue weighted by atomic mass is 9.71. The van der Waals surface area contributed by atoms with Gasteiger partial charge in [-0.05, 0) is 57.1 Å². The van der Waals surface area contributed by atoms with Gasteiger partial charge in [0, 0.05) is 13.0 Å². The summed E-state index contributed by atoms with van der Waals surface area (Å²) in [5.41, 5.74) is 17.4. The molecule has 0 radical (unpaired) electrons. The molecule has 40 heavy (non-hydrogen) atoms. The highest BCUT2D eigenvalue weighted by molar-refractivity contribution is 5.92. The standard InChI is InChI=1S/C21H36NO.C10H15N5.2ClH/c1-4-22(5-2,6-3)18-17-21(23,19-13-9-7-10-14-19)20-15-11-8-12-16-20;11-9(12)15-10(13)14-7-6-8-4-2-1-3-5-8;;/h7,9-10,13-14,20,23H,4-6,8,11-12,15-18H2,1-3H3;1-5H,6-7H2,(H6,11,12,13,14,15);2*1H/q+1;;;/p-1. The van der Waals surface area contributed by atoms with E-state index in [9.17, 15) is 5.11 Å². The molecule has 0 spiro atoms. The third-order valence-corrected chi connectivity index (χ3v) is 8.29. The summed E-state index contributed by atoms with van der Waals surface area (Å²) in [7, 11) is 0. The number of quaternary nitrogens is 1. The fourth-order valence-corrected chi connectivity index (χ4v) is 5.56. The topological polar surface area (TPSA) is 123 Å². The average Bonchev–Trinajstić information content (AvgIpc) is 2.95. The molecule has 0 heterocycles. The van der Waals surface area contributed by atoms with Gasteiger partial charge in [-0.2, -0.15) is 4.99 Å². The van der Waals surface area contributed by atoms with Gasteiger partial charge < -0.3 is 39.2 Å². The minimum Gasteiger partial charge on any atom is -1.00 e. The monoisotopic (exact) mass is 594 g/mol. The van der Waals surface area contributed by atoms with Crippen LogP contribution < -0.4 is 29.6 Å². The van der Waals surface area contributed by atoms with Gasteiger partial charge in [0.25, 0.3) is 0 Å². The first-order valence-corrected chi connectivity index (χ1v) is 14.3. The van der Waals surface area contributed by atoms with Crippen molar-refractivity contribution in [2.24, 2.45) is 33.1 Å². The number of halogens is 2. The molecule has 1 aliphatic rings. The molecule has 7 N–H and O–H groups in total. The van der Waals surface area contributed by atoms with E-state index in [1.165, 1.54) is 37.7 Å². The minimum atomic E-state index is -0.648. The van der Waals surface area contributed by atoms with Crippen molar-refractivity contribution in [3.05, 3.63) is 71.8 Å². The quantitative estimate of drug-likeness (QED) is 0.180. The highest BCUT2D eigenvalue weighted by Crippen LogP contribution is 2.42. The second-order valence-electron chi connectivity index (χ2n) is 10.4. The van der Waals surface area contributed by atoms with Crippen LogP contribution in [0.2, 0.25) is 0 Å². The normalized spacial score (nSPS) is 15.3. The number of aliphatic imine (C=N–C) groups is 2. The smallest absolute Gasteiger partial charge is 0.218 e. The number of nitrogens with zero attached hydrogens (tertiary/aromatic N) is 3. The zero-order valence-corrected chi connectivity index (χ0v) is 26.2. The maximum Gasteiger partial charge on any atom is 0.218 e. The molecule has 226 valence electrons. The van der Waals surface area contributed by atoms with Crippen LogP contribution in [-0.4, -0.2) is 54.2 Å². The van der Waals surface area contributed by atoms with E-state index in [0.29, 0.717) is 12.5 Å². The predicted molar refractivity (Wildman–Crippen MR) is 168 cm³/mol. The van der Waals surface area contributed by atoms with Crippen molar-refractivity contribution >= 4 is 24.3 Å². The van der Waals surface area contributed by atoms with Crippen LogP contribution in [0.3, 0.4) is 0 Å². The number of benzene rings is 2. The Kier molecular flexibility index (Phi) is 18.6. The largest absolute Gasteiger partial charge is 1.00 e. The highest BCUT2D eigenvalue weighted by Gasteiger charge is 2.40. The fraction of sp³-hybridized carbons (Fsp3) is 0.548. The van der Waals surface area contributed by atoms with Gasteiger partial charge in [0.2, 0.25) is 5.96 Å². The van der Waals surface area contributed by atoms with Gasteiger partial charge in [-0.1, -0.05) is 79.9 Å². The van der Waals surface area contributed by atoms with Crippen LogP contribution in [0, 0.1) is 5.92 Å². The first kappa shape index (κ1) is 37.7. The maximum absolute atomic E-state index is 11.7. The summed E-state index contributed by atoms with van der Waals surface area (Å²) in [4.78, 5) is 7.62. The van der Waals surface area contributed by atoms with E-state index in [-0.39, 0.29) is 36.7 Å². The summed E-state index contributed by atoms with van der Waals surface area (Å²) in [6.07, 6.45) is 7.94. The van der Waals surface area contributed by atoms with Crippen molar-refractivity contribution < 1.29 is 22.0 Å². The van der Waals surface area contributed by atoms with Crippen LogP contribution in [0.15, 0.2) is 70.6 Å². The van der Waals surface area contributed by atoms with Gasteiger partial charge in [-0.15, -0.1) is 12.4 Å². The van der Waals surface area contributed by atoms with E-state index < -0.39 is 5.60 Å². The SMILES string of the molecule is CC[N+](CC)(CC)CCC(O)(c1ccccc1)C1CCCCC1.Cl.NC(N)=NC(N)=NCCc1ccccc1.[Cl-]. The first-order chi connectivity index (χ1) is 18.3. The third-order valence-electron chi connectivity index (χ3n) is 8.29. The molecule has 0 amide bonds. The molecule has 2 aromatic rings. The molecular formula is C31H52Cl2N6O. The van der Waals surface area contributed by atoms with E-state index in [4.69, 9.17) is 17.2 Å².